The summed E-state index contributed by atoms with van der Waals surface area (Å²) in [5.41, 5.74) is 2.34. The lowest BCUT2D eigenvalue weighted by molar-refractivity contribution is -0.0212. The Morgan fingerprint density at radius 1 is 1.20 bits per heavy atom. The Morgan fingerprint density at radius 3 is 2.84 bits per heavy atom. The summed E-state index contributed by atoms with van der Waals surface area (Å²) < 4.78 is 10.8. The molecule has 3 rings (SSSR count). The van der Waals surface area contributed by atoms with Gasteiger partial charge in [0.1, 0.15) is 5.76 Å². The Morgan fingerprint density at radius 2 is 2.04 bits per heavy atom. The van der Waals surface area contributed by atoms with Crippen molar-refractivity contribution in [2.24, 2.45) is 0 Å². The van der Waals surface area contributed by atoms with Crippen molar-refractivity contribution < 1.29 is 13.9 Å². The molecule has 0 bridgehead atoms. The minimum Gasteiger partial charge on any atom is -0.467 e. The third-order valence-electron chi connectivity index (χ3n) is 4.18. The summed E-state index contributed by atoms with van der Waals surface area (Å²) in [6.45, 7) is 6.60. The lowest BCUT2D eigenvalue weighted by Crippen LogP contribution is -2.40. The van der Waals surface area contributed by atoms with Gasteiger partial charge in [-0.25, -0.2) is 4.79 Å². The highest BCUT2D eigenvalue weighted by Gasteiger charge is 2.16. The first-order valence-corrected chi connectivity index (χ1v) is 8.65. The second-order valence-electron chi connectivity index (χ2n) is 6.35. The number of benzene rings is 1. The standard InChI is InChI=1S/C19H25N3O3/c1-15-13-22(7-9-24-15)14-17-5-2-4-16(10-17)11-20-19(23)21-12-18-6-3-8-25-18/h2-6,8,10,15H,7,9,11-14H2,1H3,(H2,20,21,23). The van der Waals surface area contributed by atoms with Crippen molar-refractivity contribution in [1.29, 1.82) is 0 Å². The summed E-state index contributed by atoms with van der Waals surface area (Å²) in [7, 11) is 0. The number of furan rings is 1. The molecule has 1 unspecified atom stereocenters. The molecular weight excluding hydrogens is 318 g/mol. The van der Waals surface area contributed by atoms with Crippen LogP contribution in [0.25, 0.3) is 0 Å². The lowest BCUT2D eigenvalue weighted by atomic mass is 10.1. The highest BCUT2D eigenvalue weighted by molar-refractivity contribution is 5.73. The van der Waals surface area contributed by atoms with Gasteiger partial charge in [0, 0.05) is 26.2 Å². The van der Waals surface area contributed by atoms with Gasteiger partial charge in [0.2, 0.25) is 0 Å². The molecule has 1 atom stereocenters. The van der Waals surface area contributed by atoms with E-state index in [9.17, 15) is 4.79 Å². The van der Waals surface area contributed by atoms with Crippen LogP contribution in [-0.2, 0) is 24.4 Å². The number of rotatable bonds is 6. The van der Waals surface area contributed by atoms with Crippen molar-refractivity contribution in [1.82, 2.24) is 15.5 Å². The van der Waals surface area contributed by atoms with Crippen LogP contribution in [0.5, 0.6) is 0 Å². The molecule has 0 radical (unpaired) electrons. The predicted molar refractivity (Wildman–Crippen MR) is 94.9 cm³/mol. The molecule has 25 heavy (non-hydrogen) atoms. The number of carbonyl (C=O) groups excluding carboxylic acids is 1. The van der Waals surface area contributed by atoms with Gasteiger partial charge in [-0.15, -0.1) is 0 Å². The van der Waals surface area contributed by atoms with Crippen molar-refractivity contribution in [3.63, 3.8) is 0 Å². The van der Waals surface area contributed by atoms with Crippen LogP contribution in [0.2, 0.25) is 0 Å². The molecule has 2 N–H and O–H groups in total. The van der Waals surface area contributed by atoms with Gasteiger partial charge in [-0.3, -0.25) is 4.90 Å². The number of nitrogens with one attached hydrogen (secondary N) is 2. The van der Waals surface area contributed by atoms with Gasteiger partial charge in [0.15, 0.2) is 0 Å². The van der Waals surface area contributed by atoms with Crippen molar-refractivity contribution in [3.8, 4) is 0 Å². The Balaban J connectivity index is 1.45. The van der Waals surface area contributed by atoms with Gasteiger partial charge < -0.3 is 19.8 Å². The van der Waals surface area contributed by atoms with Crippen LogP contribution < -0.4 is 10.6 Å². The average molecular weight is 343 g/mol. The van der Waals surface area contributed by atoms with Gasteiger partial charge in [-0.05, 0) is 30.2 Å². The SMILES string of the molecule is CC1CN(Cc2cccc(CNC(=O)NCc3ccco3)c2)CCO1. The topological polar surface area (TPSA) is 66.7 Å². The quantitative estimate of drug-likeness (QED) is 0.846. The van der Waals surface area contributed by atoms with Crippen molar-refractivity contribution in [2.75, 3.05) is 19.7 Å². The third kappa shape index (κ3) is 5.62. The fourth-order valence-corrected chi connectivity index (χ4v) is 2.96. The summed E-state index contributed by atoms with van der Waals surface area (Å²) in [6, 6.07) is 11.8. The molecule has 1 fully saturated rings. The Bertz CT molecular complexity index is 672. The van der Waals surface area contributed by atoms with Crippen LogP contribution in [0.4, 0.5) is 4.79 Å². The maximum Gasteiger partial charge on any atom is 0.315 e. The van der Waals surface area contributed by atoms with E-state index in [0.717, 1.165) is 37.6 Å². The molecule has 1 saturated heterocycles. The zero-order chi connectivity index (χ0) is 17.5. The number of hydrogen-bond donors (Lipinski definition) is 2. The summed E-state index contributed by atoms with van der Waals surface area (Å²) >= 11 is 0. The molecule has 2 aromatic rings. The predicted octanol–water partition coefficient (Wildman–Crippen LogP) is 2.50. The zero-order valence-electron chi connectivity index (χ0n) is 14.5. The van der Waals surface area contributed by atoms with Crippen molar-refractivity contribution in [2.45, 2.75) is 32.7 Å². The molecular formula is C19H25N3O3. The van der Waals surface area contributed by atoms with E-state index in [2.05, 4.69) is 34.6 Å². The molecule has 2 amide bonds. The first-order chi connectivity index (χ1) is 12.2. The fraction of sp³-hybridized carbons (Fsp3) is 0.421. The Kier molecular flexibility index (Phi) is 6.09. The molecule has 1 aromatic carbocycles. The van der Waals surface area contributed by atoms with Crippen LogP contribution in [0.3, 0.4) is 0 Å². The highest BCUT2D eigenvalue weighted by Crippen LogP contribution is 2.12. The largest absolute Gasteiger partial charge is 0.467 e. The van der Waals surface area contributed by atoms with E-state index < -0.39 is 0 Å². The second-order valence-corrected chi connectivity index (χ2v) is 6.35. The number of amides is 2. The number of urea groups is 1. The molecule has 6 nitrogen and oxygen atoms in total. The molecule has 1 aliphatic heterocycles. The third-order valence-corrected chi connectivity index (χ3v) is 4.18. The van der Waals surface area contributed by atoms with Gasteiger partial charge >= 0.3 is 6.03 Å². The molecule has 1 aromatic heterocycles. The molecule has 0 saturated carbocycles. The zero-order valence-corrected chi connectivity index (χ0v) is 14.5. The molecule has 0 spiro atoms. The average Bonchev–Trinajstić information content (AvgIpc) is 3.12. The molecule has 2 heterocycles. The van der Waals surface area contributed by atoms with E-state index in [1.165, 1.54) is 5.56 Å². The van der Waals surface area contributed by atoms with Crippen LogP contribution >= 0.6 is 0 Å². The summed E-state index contributed by atoms with van der Waals surface area (Å²) in [5, 5.41) is 5.65. The van der Waals surface area contributed by atoms with Gasteiger partial charge in [-0.1, -0.05) is 24.3 Å². The molecule has 134 valence electrons. The number of carbonyl (C=O) groups is 1. The minimum atomic E-state index is -0.205. The maximum absolute atomic E-state index is 11.9. The van der Waals surface area contributed by atoms with E-state index in [4.69, 9.17) is 9.15 Å². The number of hydrogen-bond acceptors (Lipinski definition) is 4. The fourth-order valence-electron chi connectivity index (χ4n) is 2.96. The van der Waals surface area contributed by atoms with Gasteiger partial charge in [-0.2, -0.15) is 0 Å². The Hall–Kier alpha value is -2.31. The summed E-state index contributed by atoms with van der Waals surface area (Å²) in [5.74, 6) is 0.733. The van der Waals surface area contributed by atoms with E-state index >= 15 is 0 Å². The number of ether oxygens (including phenoxy) is 1. The van der Waals surface area contributed by atoms with E-state index in [1.807, 2.05) is 18.2 Å². The second kappa shape index (κ2) is 8.69. The smallest absolute Gasteiger partial charge is 0.315 e. The van der Waals surface area contributed by atoms with Gasteiger partial charge in [0.25, 0.3) is 0 Å². The summed E-state index contributed by atoms with van der Waals surface area (Å²) in [4.78, 5) is 14.3. The number of nitrogens with zero attached hydrogens (tertiary/aromatic N) is 1. The van der Waals surface area contributed by atoms with E-state index in [0.29, 0.717) is 13.1 Å². The van der Waals surface area contributed by atoms with Gasteiger partial charge in [0.05, 0.1) is 25.5 Å². The van der Waals surface area contributed by atoms with Crippen LogP contribution in [-0.4, -0.2) is 36.7 Å². The van der Waals surface area contributed by atoms with Crippen LogP contribution in [0, 0.1) is 0 Å². The monoisotopic (exact) mass is 343 g/mol. The first kappa shape index (κ1) is 17.5. The highest BCUT2D eigenvalue weighted by atomic mass is 16.5. The van der Waals surface area contributed by atoms with Crippen LogP contribution in [0.15, 0.2) is 47.1 Å². The normalized spacial score (nSPS) is 18.0. The Labute approximate surface area is 148 Å². The van der Waals surface area contributed by atoms with E-state index in [1.54, 1.807) is 12.3 Å². The maximum atomic E-state index is 11.9. The van der Waals surface area contributed by atoms with E-state index in [-0.39, 0.29) is 12.1 Å². The minimum absolute atomic E-state index is 0.205. The lowest BCUT2D eigenvalue weighted by Gasteiger charge is -2.31. The molecule has 6 heteroatoms. The van der Waals surface area contributed by atoms with Crippen molar-refractivity contribution >= 4 is 6.03 Å². The molecule has 1 aliphatic rings. The molecule has 0 aliphatic carbocycles. The van der Waals surface area contributed by atoms with Crippen molar-refractivity contribution in [3.05, 3.63) is 59.5 Å². The summed E-state index contributed by atoms with van der Waals surface area (Å²) in [6.07, 6.45) is 1.88. The van der Waals surface area contributed by atoms with Crippen LogP contribution in [0.1, 0.15) is 23.8 Å². The number of morpholine rings is 1. The first-order valence-electron chi connectivity index (χ1n) is 8.65.